The van der Waals surface area contributed by atoms with E-state index in [-0.39, 0.29) is 11.7 Å². The number of nitrogens with zero attached hydrogens (tertiary/aromatic N) is 3. The Morgan fingerprint density at radius 2 is 1.85 bits per heavy atom. The van der Waals surface area contributed by atoms with Crippen LogP contribution in [0.15, 0.2) is 59.9 Å². The highest BCUT2D eigenvalue weighted by atomic mass is 32.2. The van der Waals surface area contributed by atoms with Gasteiger partial charge in [0.25, 0.3) is 0 Å². The maximum atomic E-state index is 12.3. The smallest absolute Gasteiger partial charge is 0.234 e. The lowest BCUT2D eigenvalue weighted by atomic mass is 10.2. The average Bonchev–Trinajstić information content (AvgIpc) is 2.73. The predicted octanol–water partition coefficient (Wildman–Crippen LogP) is 3.29. The van der Waals surface area contributed by atoms with E-state index in [9.17, 15) is 4.79 Å². The molecule has 0 aliphatic heterocycles. The van der Waals surface area contributed by atoms with E-state index in [1.165, 1.54) is 11.8 Å². The van der Waals surface area contributed by atoms with Crippen LogP contribution in [0.2, 0.25) is 0 Å². The van der Waals surface area contributed by atoms with Crippen LogP contribution in [0.4, 0.5) is 5.69 Å². The Labute approximate surface area is 161 Å². The molecule has 0 unspecified atom stereocenters. The number of hydrogen-bond acceptors (Lipinski definition) is 7. The summed E-state index contributed by atoms with van der Waals surface area (Å²) in [4.78, 5) is 16.2. The van der Waals surface area contributed by atoms with Crippen molar-refractivity contribution >= 4 is 23.4 Å². The number of ether oxygens (including phenoxy) is 2. The highest BCUT2D eigenvalue weighted by Crippen LogP contribution is 2.29. The van der Waals surface area contributed by atoms with Gasteiger partial charge >= 0.3 is 0 Å². The van der Waals surface area contributed by atoms with E-state index in [0.717, 1.165) is 11.3 Å². The molecule has 3 rings (SSSR count). The second-order valence-electron chi connectivity index (χ2n) is 5.40. The number of aromatic nitrogens is 3. The Kier molecular flexibility index (Phi) is 6.22. The molecule has 8 heteroatoms. The van der Waals surface area contributed by atoms with E-state index in [0.29, 0.717) is 22.2 Å². The number of nitrogens with one attached hydrogen (secondary N) is 1. The monoisotopic (exact) mass is 382 g/mol. The van der Waals surface area contributed by atoms with E-state index >= 15 is 0 Å². The number of thioether (sulfide) groups is 1. The van der Waals surface area contributed by atoms with Crippen molar-refractivity contribution in [3.63, 3.8) is 0 Å². The fraction of sp³-hybridized carbons (Fsp3) is 0.158. The Morgan fingerprint density at radius 3 is 2.52 bits per heavy atom. The van der Waals surface area contributed by atoms with Gasteiger partial charge < -0.3 is 14.8 Å². The zero-order chi connectivity index (χ0) is 19.1. The topological polar surface area (TPSA) is 86.2 Å². The van der Waals surface area contributed by atoms with Gasteiger partial charge in [0.2, 0.25) is 5.91 Å². The molecular formula is C19H18N4O3S. The maximum Gasteiger partial charge on any atom is 0.234 e. The van der Waals surface area contributed by atoms with Crippen molar-refractivity contribution in [3.05, 3.63) is 54.9 Å². The average molecular weight is 382 g/mol. The molecule has 3 aromatic rings. The highest BCUT2D eigenvalue weighted by Gasteiger charge is 2.10. The molecule has 7 nitrogen and oxygen atoms in total. The van der Waals surface area contributed by atoms with Crippen LogP contribution in [0.3, 0.4) is 0 Å². The van der Waals surface area contributed by atoms with Crippen LogP contribution in [0.25, 0.3) is 11.3 Å². The van der Waals surface area contributed by atoms with Gasteiger partial charge in [0, 0.05) is 24.0 Å². The second-order valence-corrected chi connectivity index (χ2v) is 6.39. The van der Waals surface area contributed by atoms with Crippen LogP contribution in [0, 0.1) is 0 Å². The molecule has 0 saturated heterocycles. The first-order valence-electron chi connectivity index (χ1n) is 8.08. The van der Waals surface area contributed by atoms with Crippen LogP contribution in [-0.2, 0) is 4.79 Å². The van der Waals surface area contributed by atoms with Crippen LogP contribution >= 0.6 is 11.8 Å². The molecule has 0 bridgehead atoms. The third-order valence-corrected chi connectivity index (χ3v) is 4.57. The van der Waals surface area contributed by atoms with E-state index < -0.39 is 0 Å². The molecule has 27 heavy (non-hydrogen) atoms. The number of carbonyl (C=O) groups excluding carboxylic acids is 1. The second kappa shape index (κ2) is 9.00. The number of pyridine rings is 1. The lowest BCUT2D eigenvalue weighted by Crippen LogP contribution is -2.15. The lowest BCUT2D eigenvalue weighted by Gasteiger charge is -2.11. The van der Waals surface area contributed by atoms with E-state index in [2.05, 4.69) is 20.5 Å². The van der Waals surface area contributed by atoms with Crippen molar-refractivity contribution in [1.29, 1.82) is 0 Å². The first-order valence-corrected chi connectivity index (χ1v) is 9.07. The Morgan fingerprint density at radius 1 is 1.04 bits per heavy atom. The molecule has 1 amide bonds. The van der Waals surface area contributed by atoms with Crippen LogP contribution < -0.4 is 14.8 Å². The summed E-state index contributed by atoms with van der Waals surface area (Å²) >= 11 is 1.31. The van der Waals surface area contributed by atoms with Crippen LogP contribution in [0.5, 0.6) is 11.5 Å². The van der Waals surface area contributed by atoms with Crippen molar-refractivity contribution in [3.8, 4) is 22.8 Å². The molecule has 1 N–H and O–H groups in total. The van der Waals surface area contributed by atoms with Gasteiger partial charge in [0.1, 0.15) is 16.5 Å². The molecule has 0 atom stereocenters. The number of amides is 1. The van der Waals surface area contributed by atoms with Gasteiger partial charge in [-0.15, -0.1) is 10.2 Å². The van der Waals surface area contributed by atoms with E-state index in [4.69, 9.17) is 9.47 Å². The number of methoxy groups -OCH3 is 2. The van der Waals surface area contributed by atoms with Crippen LogP contribution in [-0.4, -0.2) is 41.1 Å². The summed E-state index contributed by atoms with van der Waals surface area (Å²) < 4.78 is 10.4. The molecule has 0 radical (unpaired) electrons. The third kappa shape index (κ3) is 4.95. The minimum absolute atomic E-state index is 0.174. The van der Waals surface area contributed by atoms with Gasteiger partial charge in [0.05, 0.1) is 31.4 Å². The maximum absolute atomic E-state index is 12.3. The molecule has 2 aromatic heterocycles. The number of hydrogen-bond donors (Lipinski definition) is 1. The van der Waals surface area contributed by atoms with Gasteiger partial charge in [-0.2, -0.15) is 0 Å². The Bertz CT molecular complexity index is 905. The molecule has 0 aliphatic carbocycles. The molecule has 0 saturated carbocycles. The van der Waals surface area contributed by atoms with Crippen LogP contribution in [0.1, 0.15) is 0 Å². The molecule has 2 heterocycles. The van der Waals surface area contributed by atoms with Gasteiger partial charge in [-0.3, -0.25) is 9.78 Å². The third-order valence-electron chi connectivity index (χ3n) is 3.65. The van der Waals surface area contributed by atoms with E-state index in [1.807, 2.05) is 24.3 Å². The molecule has 0 fully saturated rings. The number of carbonyl (C=O) groups is 1. The number of anilines is 1. The minimum atomic E-state index is -0.174. The minimum Gasteiger partial charge on any atom is -0.497 e. The predicted molar refractivity (Wildman–Crippen MR) is 104 cm³/mol. The van der Waals surface area contributed by atoms with Gasteiger partial charge in [-0.05, 0) is 36.4 Å². The lowest BCUT2D eigenvalue weighted by molar-refractivity contribution is -0.113. The van der Waals surface area contributed by atoms with Crippen molar-refractivity contribution in [2.75, 3.05) is 25.3 Å². The number of benzene rings is 1. The quantitative estimate of drug-likeness (QED) is 0.628. The van der Waals surface area contributed by atoms with Gasteiger partial charge in [0.15, 0.2) is 0 Å². The highest BCUT2D eigenvalue weighted by molar-refractivity contribution is 7.99. The Balaban J connectivity index is 1.59. The molecule has 0 aliphatic rings. The van der Waals surface area contributed by atoms with Gasteiger partial charge in [-0.25, -0.2) is 0 Å². The number of rotatable bonds is 7. The summed E-state index contributed by atoms with van der Waals surface area (Å²) in [6.07, 6.45) is 3.41. The van der Waals surface area contributed by atoms with Crippen molar-refractivity contribution in [1.82, 2.24) is 15.2 Å². The SMILES string of the molecule is COc1ccc(OC)c(NC(=O)CSc2ccc(-c3ccncc3)nn2)c1. The zero-order valence-corrected chi connectivity index (χ0v) is 15.7. The van der Waals surface area contributed by atoms with Gasteiger partial charge in [-0.1, -0.05) is 11.8 Å². The summed E-state index contributed by atoms with van der Waals surface area (Å²) in [5.41, 5.74) is 2.26. The fourth-order valence-electron chi connectivity index (χ4n) is 2.31. The molecular weight excluding hydrogens is 364 g/mol. The van der Waals surface area contributed by atoms with Crippen molar-refractivity contribution < 1.29 is 14.3 Å². The summed E-state index contributed by atoms with van der Waals surface area (Å²) in [5.74, 6) is 1.22. The molecule has 0 spiro atoms. The molecule has 1 aromatic carbocycles. The van der Waals surface area contributed by atoms with Crippen molar-refractivity contribution in [2.45, 2.75) is 5.03 Å². The first kappa shape index (κ1) is 18.7. The molecule has 138 valence electrons. The normalized spacial score (nSPS) is 10.3. The summed E-state index contributed by atoms with van der Waals surface area (Å²) in [7, 11) is 3.11. The largest absolute Gasteiger partial charge is 0.497 e. The standard InChI is InChI=1S/C19H18N4O3S/c1-25-14-3-5-17(26-2)16(11-14)21-18(24)12-27-19-6-4-15(22-23-19)13-7-9-20-10-8-13/h3-11H,12H2,1-2H3,(H,21,24). The van der Waals surface area contributed by atoms with E-state index in [1.54, 1.807) is 44.8 Å². The summed E-state index contributed by atoms with van der Waals surface area (Å²) in [6, 6.07) is 12.7. The summed E-state index contributed by atoms with van der Waals surface area (Å²) in [6.45, 7) is 0. The van der Waals surface area contributed by atoms with Crippen molar-refractivity contribution in [2.24, 2.45) is 0 Å². The zero-order valence-electron chi connectivity index (χ0n) is 14.9. The first-order chi connectivity index (χ1) is 13.2. The summed E-state index contributed by atoms with van der Waals surface area (Å²) in [5, 5.41) is 11.8. The Hall–Kier alpha value is -3.13. The fourth-order valence-corrected chi connectivity index (χ4v) is 2.93.